The largest absolute Gasteiger partial charge is 0.497 e. The molecule has 0 amide bonds. The van der Waals surface area contributed by atoms with Crippen LogP contribution in [0.2, 0.25) is 0 Å². The van der Waals surface area contributed by atoms with Crippen LogP contribution in [0, 0.1) is 6.92 Å². The Morgan fingerprint density at radius 1 is 1.33 bits per heavy atom. The Labute approximate surface area is 132 Å². The van der Waals surface area contributed by atoms with E-state index in [1.807, 2.05) is 25.1 Å². The maximum atomic E-state index is 5.87. The third-order valence-electron chi connectivity index (χ3n) is 2.80. The summed E-state index contributed by atoms with van der Waals surface area (Å²) in [6.07, 6.45) is 2.76. The lowest BCUT2D eigenvalue weighted by Crippen LogP contribution is -2.05. The van der Waals surface area contributed by atoms with Crippen molar-refractivity contribution >= 4 is 21.9 Å². The molecular formula is C15H18BrN3O2. The summed E-state index contributed by atoms with van der Waals surface area (Å²) >= 11 is 3.47. The Bertz CT molecular complexity index is 620. The maximum Gasteiger partial charge on any atom is 0.227 e. The van der Waals surface area contributed by atoms with Crippen LogP contribution in [0.25, 0.3) is 0 Å². The molecule has 1 N–H and O–H groups in total. The first-order chi connectivity index (χ1) is 10.1. The van der Waals surface area contributed by atoms with Crippen molar-refractivity contribution in [3.63, 3.8) is 0 Å². The molecule has 5 nitrogen and oxygen atoms in total. The fraction of sp³-hybridized carbons (Fsp3) is 0.333. The zero-order chi connectivity index (χ0) is 15.2. The van der Waals surface area contributed by atoms with E-state index in [2.05, 4.69) is 38.1 Å². The van der Waals surface area contributed by atoms with Gasteiger partial charge in [0.15, 0.2) is 0 Å². The summed E-state index contributed by atoms with van der Waals surface area (Å²) in [5.74, 6) is 2.55. The zero-order valence-electron chi connectivity index (χ0n) is 12.3. The minimum atomic E-state index is 0.537. The molecule has 21 heavy (non-hydrogen) atoms. The van der Waals surface area contributed by atoms with E-state index in [0.717, 1.165) is 28.8 Å². The molecule has 0 spiro atoms. The Hall–Kier alpha value is -1.82. The van der Waals surface area contributed by atoms with Gasteiger partial charge >= 0.3 is 0 Å². The predicted octanol–water partition coefficient (Wildman–Crippen LogP) is 4.17. The van der Waals surface area contributed by atoms with Crippen LogP contribution in [-0.2, 0) is 0 Å². The number of ether oxygens (including phenoxy) is 2. The number of benzene rings is 1. The highest BCUT2D eigenvalue weighted by Crippen LogP contribution is 2.33. The normalized spacial score (nSPS) is 10.3. The third kappa shape index (κ3) is 4.07. The summed E-state index contributed by atoms with van der Waals surface area (Å²) < 4.78 is 11.8. The minimum Gasteiger partial charge on any atom is -0.497 e. The zero-order valence-corrected chi connectivity index (χ0v) is 13.9. The molecule has 0 aliphatic heterocycles. The average molecular weight is 352 g/mol. The Kier molecular flexibility index (Phi) is 5.38. The van der Waals surface area contributed by atoms with Crippen LogP contribution in [0.1, 0.15) is 18.9 Å². The number of hydrogen-bond acceptors (Lipinski definition) is 5. The molecule has 0 saturated heterocycles. The van der Waals surface area contributed by atoms with Crippen molar-refractivity contribution in [3.8, 4) is 17.4 Å². The predicted molar refractivity (Wildman–Crippen MR) is 86.3 cm³/mol. The number of aromatic nitrogens is 2. The van der Waals surface area contributed by atoms with Crippen LogP contribution < -0.4 is 14.8 Å². The van der Waals surface area contributed by atoms with E-state index in [-0.39, 0.29) is 0 Å². The summed E-state index contributed by atoms with van der Waals surface area (Å²) in [6, 6.07) is 5.53. The molecule has 0 radical (unpaired) electrons. The number of halogens is 1. The fourth-order valence-electron chi connectivity index (χ4n) is 1.65. The van der Waals surface area contributed by atoms with Gasteiger partial charge < -0.3 is 14.8 Å². The van der Waals surface area contributed by atoms with E-state index in [4.69, 9.17) is 9.47 Å². The number of rotatable bonds is 6. The van der Waals surface area contributed by atoms with Crippen molar-refractivity contribution in [2.75, 3.05) is 19.0 Å². The molecule has 1 heterocycles. The quantitative estimate of drug-likeness (QED) is 0.846. The molecule has 0 unspecified atom stereocenters. The van der Waals surface area contributed by atoms with E-state index in [9.17, 15) is 0 Å². The van der Waals surface area contributed by atoms with Crippen molar-refractivity contribution < 1.29 is 9.47 Å². The van der Waals surface area contributed by atoms with Gasteiger partial charge in [-0.05, 0) is 47.5 Å². The third-order valence-corrected chi connectivity index (χ3v) is 3.42. The van der Waals surface area contributed by atoms with Crippen LogP contribution in [0.4, 0.5) is 5.95 Å². The van der Waals surface area contributed by atoms with Gasteiger partial charge in [0, 0.05) is 18.3 Å². The van der Waals surface area contributed by atoms with Gasteiger partial charge in [0.05, 0.1) is 11.6 Å². The van der Waals surface area contributed by atoms with Crippen molar-refractivity contribution in [3.05, 3.63) is 34.4 Å². The van der Waals surface area contributed by atoms with E-state index in [1.165, 1.54) is 0 Å². The van der Waals surface area contributed by atoms with E-state index < -0.39 is 0 Å². The lowest BCUT2D eigenvalue weighted by Gasteiger charge is -2.11. The van der Waals surface area contributed by atoms with Gasteiger partial charge in [0.25, 0.3) is 0 Å². The molecule has 0 fully saturated rings. The van der Waals surface area contributed by atoms with E-state index in [0.29, 0.717) is 17.6 Å². The number of methoxy groups -OCH3 is 1. The molecule has 0 aliphatic carbocycles. The summed E-state index contributed by atoms with van der Waals surface area (Å²) in [5.41, 5.74) is 0.875. The highest BCUT2D eigenvalue weighted by molar-refractivity contribution is 9.10. The summed E-state index contributed by atoms with van der Waals surface area (Å²) in [7, 11) is 1.63. The Morgan fingerprint density at radius 3 is 2.81 bits per heavy atom. The monoisotopic (exact) mass is 351 g/mol. The van der Waals surface area contributed by atoms with Crippen LogP contribution >= 0.6 is 15.9 Å². The molecule has 0 bridgehead atoms. The first-order valence-corrected chi connectivity index (χ1v) is 7.52. The summed E-state index contributed by atoms with van der Waals surface area (Å²) in [5, 5.41) is 3.15. The smallest absolute Gasteiger partial charge is 0.227 e. The van der Waals surface area contributed by atoms with Crippen molar-refractivity contribution in [1.29, 1.82) is 0 Å². The molecular weight excluding hydrogens is 334 g/mol. The van der Waals surface area contributed by atoms with Crippen molar-refractivity contribution in [2.45, 2.75) is 20.3 Å². The van der Waals surface area contributed by atoms with Gasteiger partial charge in [-0.15, -0.1) is 0 Å². The molecule has 2 aromatic rings. The molecule has 0 atom stereocenters. The fourth-order valence-corrected chi connectivity index (χ4v) is 2.09. The summed E-state index contributed by atoms with van der Waals surface area (Å²) in [4.78, 5) is 8.63. The molecule has 1 aromatic heterocycles. The molecule has 0 saturated carbocycles. The Balaban J connectivity index is 2.22. The molecule has 6 heteroatoms. The van der Waals surface area contributed by atoms with Gasteiger partial charge in [-0.3, -0.25) is 0 Å². The Morgan fingerprint density at radius 2 is 2.14 bits per heavy atom. The first-order valence-electron chi connectivity index (χ1n) is 6.73. The second kappa shape index (κ2) is 7.26. The first kappa shape index (κ1) is 15.6. The van der Waals surface area contributed by atoms with Crippen LogP contribution in [0.5, 0.6) is 17.4 Å². The van der Waals surface area contributed by atoms with Crippen molar-refractivity contribution in [2.24, 2.45) is 0 Å². The summed E-state index contributed by atoms with van der Waals surface area (Å²) in [6.45, 7) is 4.83. The topological polar surface area (TPSA) is 56.3 Å². The highest BCUT2D eigenvalue weighted by Gasteiger charge is 2.09. The lowest BCUT2D eigenvalue weighted by molar-refractivity contribution is 0.411. The van der Waals surface area contributed by atoms with Gasteiger partial charge in [0.2, 0.25) is 11.8 Å². The van der Waals surface area contributed by atoms with Crippen molar-refractivity contribution in [1.82, 2.24) is 9.97 Å². The van der Waals surface area contributed by atoms with Crippen LogP contribution in [-0.4, -0.2) is 23.6 Å². The minimum absolute atomic E-state index is 0.537. The average Bonchev–Trinajstić information content (AvgIpc) is 2.49. The van der Waals surface area contributed by atoms with Gasteiger partial charge in [-0.1, -0.05) is 6.92 Å². The molecule has 1 aromatic carbocycles. The lowest BCUT2D eigenvalue weighted by atomic mass is 10.3. The molecule has 2 rings (SSSR count). The second-order valence-corrected chi connectivity index (χ2v) is 5.36. The SMILES string of the molecule is CCCNc1ncc(C)c(Oc2ccc(OC)cc2Br)n1. The number of aryl methyl sites for hydroxylation is 1. The van der Waals surface area contributed by atoms with Gasteiger partial charge in [-0.25, -0.2) is 4.98 Å². The number of nitrogens with one attached hydrogen (secondary N) is 1. The number of nitrogens with zero attached hydrogens (tertiary/aromatic N) is 2. The van der Waals surface area contributed by atoms with Crippen LogP contribution in [0.15, 0.2) is 28.9 Å². The highest BCUT2D eigenvalue weighted by atomic mass is 79.9. The van der Waals surface area contributed by atoms with Gasteiger partial charge in [-0.2, -0.15) is 4.98 Å². The number of anilines is 1. The number of hydrogen-bond donors (Lipinski definition) is 1. The maximum absolute atomic E-state index is 5.87. The standard InChI is InChI=1S/C15H18BrN3O2/c1-4-7-17-15-18-9-10(2)14(19-15)21-13-6-5-11(20-3)8-12(13)16/h5-6,8-9H,4,7H2,1-3H3,(H,17,18,19). The van der Waals surface area contributed by atoms with Gasteiger partial charge in [0.1, 0.15) is 11.5 Å². The van der Waals surface area contributed by atoms with E-state index >= 15 is 0 Å². The van der Waals surface area contributed by atoms with E-state index in [1.54, 1.807) is 13.3 Å². The second-order valence-electron chi connectivity index (χ2n) is 4.51. The molecule has 0 aliphatic rings. The van der Waals surface area contributed by atoms with Crippen LogP contribution in [0.3, 0.4) is 0 Å². The molecule has 112 valence electrons.